The molecule has 1 N–H and O–H groups in total. The van der Waals surface area contributed by atoms with Gasteiger partial charge in [-0.3, -0.25) is 13.9 Å². The lowest BCUT2D eigenvalue weighted by atomic mass is 10.1. The van der Waals surface area contributed by atoms with Crippen LogP contribution in [-0.4, -0.2) is 51.4 Å². The van der Waals surface area contributed by atoms with Crippen LogP contribution in [0.15, 0.2) is 83.8 Å². The summed E-state index contributed by atoms with van der Waals surface area (Å²) in [7, 11) is -2.71. The average Bonchev–Trinajstić information content (AvgIpc) is 2.95. The molecule has 0 heterocycles. The first kappa shape index (κ1) is 29.7. The molecular weight excluding hydrogens is 514 g/mol. The molecule has 0 bridgehead atoms. The van der Waals surface area contributed by atoms with Gasteiger partial charge in [-0.2, -0.15) is 0 Å². The van der Waals surface area contributed by atoms with Gasteiger partial charge in [0, 0.05) is 13.1 Å². The van der Waals surface area contributed by atoms with Gasteiger partial charge < -0.3 is 15.0 Å². The molecule has 0 saturated heterocycles. The minimum absolute atomic E-state index is 0.0451. The van der Waals surface area contributed by atoms with Crippen molar-refractivity contribution in [1.29, 1.82) is 0 Å². The van der Waals surface area contributed by atoms with Gasteiger partial charge in [-0.1, -0.05) is 68.4 Å². The van der Waals surface area contributed by atoms with Crippen molar-refractivity contribution < 1.29 is 22.7 Å². The number of amides is 2. The molecule has 8 nitrogen and oxygen atoms in total. The summed E-state index contributed by atoms with van der Waals surface area (Å²) in [6, 6.07) is 21.7. The number of carbonyl (C=O) groups is 2. The molecule has 1 unspecified atom stereocenters. The number of aryl methyl sites for hydroxylation is 1. The van der Waals surface area contributed by atoms with Gasteiger partial charge in [0.15, 0.2) is 0 Å². The first-order valence-electron chi connectivity index (χ1n) is 13.1. The lowest BCUT2D eigenvalue weighted by molar-refractivity contribution is -0.140. The molecular formula is C30H37N3O5S. The molecule has 1 atom stereocenters. The lowest BCUT2D eigenvalue weighted by Crippen LogP contribution is -2.52. The summed E-state index contributed by atoms with van der Waals surface area (Å²) in [4.78, 5) is 28.7. The first-order chi connectivity index (χ1) is 18.7. The number of anilines is 1. The predicted octanol–water partition coefficient (Wildman–Crippen LogP) is 4.53. The van der Waals surface area contributed by atoms with Crippen molar-refractivity contribution in [2.45, 2.75) is 51.1 Å². The number of benzene rings is 3. The molecule has 0 spiro atoms. The number of hydrogen-bond acceptors (Lipinski definition) is 5. The third kappa shape index (κ3) is 7.38. The van der Waals surface area contributed by atoms with E-state index < -0.39 is 28.5 Å². The second-order valence-corrected chi connectivity index (χ2v) is 11.1. The van der Waals surface area contributed by atoms with E-state index in [4.69, 9.17) is 4.74 Å². The average molecular weight is 552 g/mol. The molecule has 208 valence electrons. The largest absolute Gasteiger partial charge is 0.495 e. The van der Waals surface area contributed by atoms with Gasteiger partial charge in [-0.25, -0.2) is 8.42 Å². The van der Waals surface area contributed by atoms with Crippen molar-refractivity contribution in [1.82, 2.24) is 10.2 Å². The second-order valence-electron chi connectivity index (χ2n) is 9.22. The van der Waals surface area contributed by atoms with Crippen LogP contribution in [0.1, 0.15) is 37.8 Å². The monoisotopic (exact) mass is 551 g/mol. The summed E-state index contributed by atoms with van der Waals surface area (Å²) in [5.74, 6) is -0.454. The van der Waals surface area contributed by atoms with E-state index in [9.17, 15) is 18.0 Å². The van der Waals surface area contributed by atoms with E-state index in [1.54, 1.807) is 30.3 Å². The molecule has 0 aliphatic rings. The van der Waals surface area contributed by atoms with Crippen molar-refractivity contribution in [3.05, 3.63) is 90.0 Å². The Kier molecular flexibility index (Phi) is 10.5. The van der Waals surface area contributed by atoms with E-state index in [0.717, 1.165) is 21.9 Å². The smallest absolute Gasteiger partial charge is 0.264 e. The van der Waals surface area contributed by atoms with Crippen molar-refractivity contribution in [3.63, 3.8) is 0 Å². The molecule has 3 aromatic carbocycles. The van der Waals surface area contributed by atoms with Crippen LogP contribution in [0, 0.1) is 6.92 Å². The van der Waals surface area contributed by atoms with Crippen LogP contribution in [-0.2, 0) is 26.2 Å². The van der Waals surface area contributed by atoms with Crippen LogP contribution in [0.25, 0.3) is 0 Å². The number of carbonyl (C=O) groups excluding carboxylic acids is 2. The highest BCUT2D eigenvalue weighted by Gasteiger charge is 2.34. The summed E-state index contributed by atoms with van der Waals surface area (Å²) < 4.78 is 34.5. The maximum atomic E-state index is 14.1. The zero-order chi connectivity index (χ0) is 28.4. The second kappa shape index (κ2) is 13.8. The Balaban J connectivity index is 2.09. The van der Waals surface area contributed by atoms with E-state index in [1.807, 2.05) is 57.2 Å². The van der Waals surface area contributed by atoms with Crippen molar-refractivity contribution in [2.24, 2.45) is 0 Å². The maximum absolute atomic E-state index is 14.1. The number of hydrogen-bond donors (Lipinski definition) is 1. The van der Waals surface area contributed by atoms with Crippen LogP contribution in [0.5, 0.6) is 5.75 Å². The van der Waals surface area contributed by atoms with Crippen LogP contribution >= 0.6 is 0 Å². The van der Waals surface area contributed by atoms with Crippen LogP contribution in [0.3, 0.4) is 0 Å². The predicted molar refractivity (Wildman–Crippen MR) is 153 cm³/mol. The number of rotatable bonds is 13. The third-order valence-electron chi connectivity index (χ3n) is 6.34. The number of nitrogens with one attached hydrogen (secondary N) is 1. The van der Waals surface area contributed by atoms with E-state index in [-0.39, 0.29) is 23.0 Å². The normalized spacial score (nSPS) is 11.9. The standard InChI is InChI=1S/C30H37N3O5S/c1-5-19-31-30(35)26(6-2)32(21-24-13-9-7-10-14-24)29(34)22-33(27-20-23(3)17-18-28(27)38-4)39(36,37)25-15-11-8-12-16-25/h7-18,20,26H,5-6,19,21-22H2,1-4H3,(H,31,35). The molecule has 3 aromatic rings. The quantitative estimate of drug-likeness (QED) is 0.337. The van der Waals surface area contributed by atoms with Gasteiger partial charge in [-0.05, 0) is 55.2 Å². The highest BCUT2D eigenvalue weighted by atomic mass is 32.2. The molecule has 39 heavy (non-hydrogen) atoms. The van der Waals surface area contributed by atoms with Crippen molar-refractivity contribution >= 4 is 27.5 Å². The Bertz CT molecular complexity index is 1350. The fourth-order valence-corrected chi connectivity index (χ4v) is 5.73. The molecule has 0 saturated carbocycles. The Morgan fingerprint density at radius 2 is 1.59 bits per heavy atom. The third-order valence-corrected chi connectivity index (χ3v) is 8.12. The van der Waals surface area contributed by atoms with E-state index in [0.29, 0.717) is 18.7 Å². The minimum Gasteiger partial charge on any atom is -0.495 e. The Morgan fingerprint density at radius 3 is 2.18 bits per heavy atom. The summed E-state index contributed by atoms with van der Waals surface area (Å²) in [5, 5.41) is 2.89. The molecule has 3 rings (SSSR count). The SMILES string of the molecule is CCCNC(=O)C(CC)N(Cc1ccccc1)C(=O)CN(c1cc(C)ccc1OC)S(=O)(=O)c1ccccc1. The zero-order valence-corrected chi connectivity index (χ0v) is 23.8. The highest BCUT2D eigenvalue weighted by Crippen LogP contribution is 2.33. The fourth-order valence-electron chi connectivity index (χ4n) is 4.29. The summed E-state index contributed by atoms with van der Waals surface area (Å²) in [5.41, 5.74) is 1.88. The van der Waals surface area contributed by atoms with Gasteiger partial charge in [0.2, 0.25) is 11.8 Å². The first-order valence-corrected chi connectivity index (χ1v) is 14.5. The maximum Gasteiger partial charge on any atom is 0.264 e. The Hall–Kier alpha value is -3.85. The van der Waals surface area contributed by atoms with Crippen LogP contribution < -0.4 is 14.4 Å². The summed E-state index contributed by atoms with van der Waals surface area (Å²) in [6.45, 7) is 5.76. The molecule has 0 radical (unpaired) electrons. The van der Waals surface area contributed by atoms with E-state index in [2.05, 4.69) is 5.32 Å². The zero-order valence-electron chi connectivity index (χ0n) is 23.0. The number of methoxy groups -OCH3 is 1. The van der Waals surface area contributed by atoms with Gasteiger partial charge in [0.1, 0.15) is 18.3 Å². The van der Waals surface area contributed by atoms with Crippen LogP contribution in [0.2, 0.25) is 0 Å². The summed E-state index contributed by atoms with van der Waals surface area (Å²) in [6.07, 6.45) is 1.12. The number of sulfonamides is 1. The Morgan fingerprint density at radius 1 is 0.949 bits per heavy atom. The fraction of sp³-hybridized carbons (Fsp3) is 0.333. The molecule has 0 aliphatic heterocycles. The van der Waals surface area contributed by atoms with Crippen molar-refractivity contribution in [2.75, 3.05) is 24.5 Å². The van der Waals surface area contributed by atoms with E-state index >= 15 is 0 Å². The molecule has 0 aliphatic carbocycles. The van der Waals surface area contributed by atoms with Crippen molar-refractivity contribution in [3.8, 4) is 5.75 Å². The van der Waals surface area contributed by atoms with Gasteiger partial charge in [0.25, 0.3) is 10.0 Å². The van der Waals surface area contributed by atoms with Gasteiger partial charge in [-0.15, -0.1) is 0 Å². The molecule has 2 amide bonds. The van der Waals surface area contributed by atoms with Gasteiger partial charge >= 0.3 is 0 Å². The van der Waals surface area contributed by atoms with Gasteiger partial charge in [0.05, 0.1) is 17.7 Å². The molecule has 0 fully saturated rings. The minimum atomic E-state index is -4.17. The molecule has 9 heteroatoms. The number of nitrogens with zero attached hydrogens (tertiary/aromatic N) is 2. The van der Waals surface area contributed by atoms with E-state index in [1.165, 1.54) is 24.1 Å². The summed E-state index contributed by atoms with van der Waals surface area (Å²) >= 11 is 0. The Labute approximate surface area is 231 Å². The van der Waals surface area contributed by atoms with Crippen LogP contribution in [0.4, 0.5) is 5.69 Å². The highest BCUT2D eigenvalue weighted by molar-refractivity contribution is 7.92. The topological polar surface area (TPSA) is 96.0 Å². The molecule has 0 aromatic heterocycles. The number of ether oxygens (including phenoxy) is 1. The lowest BCUT2D eigenvalue weighted by Gasteiger charge is -2.33.